The smallest absolute Gasteiger partial charge is 0.295 e. The molecule has 2 aliphatic heterocycles. The van der Waals surface area contributed by atoms with Crippen molar-refractivity contribution in [3.8, 4) is 11.5 Å². The molecular formula is C30H37ClN2O6. The van der Waals surface area contributed by atoms with Crippen molar-refractivity contribution in [3.63, 3.8) is 0 Å². The first kappa shape index (κ1) is 28.9. The standard InChI is InChI=1S/C30H37ClN2O6/c1-3-4-5-17-39-24-12-9-22(20-25(24)37-2)27-26(28(34)21-7-10-23(31)11-8-21)29(35)30(36)33(27)14-6-13-32-15-18-38-19-16-32/h7-12,20,27,34H,3-6,13-19H2,1-2H3. The zero-order chi connectivity index (χ0) is 27.8. The molecule has 9 heteroatoms. The lowest BCUT2D eigenvalue weighted by molar-refractivity contribution is -0.140. The Balaban J connectivity index is 1.67. The van der Waals surface area contributed by atoms with Crippen molar-refractivity contribution in [2.75, 3.05) is 53.1 Å². The van der Waals surface area contributed by atoms with E-state index in [0.717, 1.165) is 38.9 Å². The highest BCUT2D eigenvalue weighted by Crippen LogP contribution is 2.42. The number of hydrogen-bond donors (Lipinski definition) is 1. The van der Waals surface area contributed by atoms with Gasteiger partial charge in [-0.25, -0.2) is 0 Å². The van der Waals surface area contributed by atoms with Gasteiger partial charge in [0.05, 0.1) is 38.5 Å². The van der Waals surface area contributed by atoms with Crippen LogP contribution in [0.2, 0.25) is 5.02 Å². The average Bonchev–Trinajstić information content (AvgIpc) is 3.21. The van der Waals surface area contributed by atoms with E-state index in [4.69, 9.17) is 25.8 Å². The SMILES string of the molecule is CCCCCOc1ccc(C2C(=C(O)c3ccc(Cl)cc3)C(=O)C(=O)N2CCCN2CCOCC2)cc1OC. The highest BCUT2D eigenvalue weighted by Gasteiger charge is 2.46. The fourth-order valence-corrected chi connectivity index (χ4v) is 5.14. The minimum Gasteiger partial charge on any atom is -0.507 e. The molecule has 0 radical (unpaired) electrons. The lowest BCUT2D eigenvalue weighted by Gasteiger charge is -2.29. The van der Waals surface area contributed by atoms with Crippen LogP contribution in [0.3, 0.4) is 0 Å². The molecule has 2 saturated heterocycles. The molecule has 8 nitrogen and oxygen atoms in total. The van der Waals surface area contributed by atoms with Gasteiger partial charge in [0, 0.05) is 36.8 Å². The molecule has 210 valence electrons. The summed E-state index contributed by atoms with van der Waals surface area (Å²) in [5.74, 6) is -0.465. The molecule has 0 bridgehead atoms. The normalized spacial score (nSPS) is 19.5. The van der Waals surface area contributed by atoms with E-state index in [2.05, 4.69) is 11.8 Å². The molecule has 1 unspecified atom stereocenters. The Morgan fingerprint density at radius 2 is 1.77 bits per heavy atom. The summed E-state index contributed by atoms with van der Waals surface area (Å²) >= 11 is 6.03. The maximum Gasteiger partial charge on any atom is 0.295 e. The largest absolute Gasteiger partial charge is 0.507 e. The van der Waals surface area contributed by atoms with Gasteiger partial charge >= 0.3 is 0 Å². The molecule has 2 fully saturated rings. The number of methoxy groups -OCH3 is 1. The summed E-state index contributed by atoms with van der Waals surface area (Å²) in [5, 5.41) is 11.8. The molecule has 4 rings (SSSR count). The average molecular weight is 557 g/mol. The third-order valence-corrected chi connectivity index (χ3v) is 7.40. The van der Waals surface area contributed by atoms with E-state index in [-0.39, 0.29) is 11.3 Å². The predicted octanol–water partition coefficient (Wildman–Crippen LogP) is 5.06. The topological polar surface area (TPSA) is 88.5 Å². The van der Waals surface area contributed by atoms with Gasteiger partial charge in [-0.3, -0.25) is 14.5 Å². The number of Topliss-reactive ketones (excluding diaryl/α,β-unsaturated/α-hetero) is 1. The van der Waals surface area contributed by atoms with Crippen LogP contribution in [0.4, 0.5) is 0 Å². The second-order valence-corrected chi connectivity index (χ2v) is 10.2. The van der Waals surface area contributed by atoms with Crippen LogP contribution in [-0.2, 0) is 14.3 Å². The van der Waals surface area contributed by atoms with Crippen LogP contribution >= 0.6 is 11.6 Å². The highest BCUT2D eigenvalue weighted by molar-refractivity contribution is 6.46. The van der Waals surface area contributed by atoms with E-state index >= 15 is 0 Å². The molecule has 0 spiro atoms. The van der Waals surface area contributed by atoms with Gasteiger partial charge < -0.3 is 24.2 Å². The number of morpholine rings is 1. The molecule has 0 aromatic heterocycles. The molecule has 1 amide bonds. The number of rotatable bonds is 12. The molecule has 1 atom stereocenters. The zero-order valence-corrected chi connectivity index (χ0v) is 23.4. The summed E-state index contributed by atoms with van der Waals surface area (Å²) in [5.41, 5.74) is 1.12. The van der Waals surface area contributed by atoms with E-state index < -0.39 is 17.7 Å². The first-order valence-corrected chi connectivity index (χ1v) is 14.0. The monoisotopic (exact) mass is 556 g/mol. The molecule has 1 N–H and O–H groups in total. The number of nitrogens with zero attached hydrogens (tertiary/aromatic N) is 2. The van der Waals surface area contributed by atoms with Gasteiger partial charge in [-0.2, -0.15) is 0 Å². The number of aliphatic hydroxyl groups excluding tert-OH is 1. The van der Waals surface area contributed by atoms with Gasteiger partial charge in [0.2, 0.25) is 0 Å². The summed E-state index contributed by atoms with van der Waals surface area (Å²) in [4.78, 5) is 30.5. The Bertz CT molecular complexity index is 1180. The van der Waals surface area contributed by atoms with E-state index in [0.29, 0.717) is 60.4 Å². The maximum absolute atomic E-state index is 13.4. The number of amides is 1. The molecule has 2 aromatic carbocycles. The number of ether oxygens (including phenoxy) is 3. The molecule has 39 heavy (non-hydrogen) atoms. The van der Waals surface area contributed by atoms with Gasteiger partial charge in [0.1, 0.15) is 5.76 Å². The zero-order valence-electron chi connectivity index (χ0n) is 22.7. The minimum absolute atomic E-state index is 0.0485. The first-order chi connectivity index (χ1) is 18.9. The van der Waals surface area contributed by atoms with Crippen molar-refractivity contribution >= 4 is 29.1 Å². The number of ketones is 1. The second-order valence-electron chi connectivity index (χ2n) is 9.77. The lowest BCUT2D eigenvalue weighted by atomic mass is 9.95. The van der Waals surface area contributed by atoms with Crippen molar-refractivity contribution in [1.82, 2.24) is 9.80 Å². The number of likely N-dealkylation sites (tertiary alicyclic amines) is 1. The van der Waals surface area contributed by atoms with Crippen LogP contribution < -0.4 is 9.47 Å². The second kappa shape index (κ2) is 13.8. The van der Waals surface area contributed by atoms with Gasteiger partial charge in [0.15, 0.2) is 11.5 Å². The third kappa shape index (κ3) is 6.93. The van der Waals surface area contributed by atoms with E-state index in [1.165, 1.54) is 0 Å². The first-order valence-electron chi connectivity index (χ1n) is 13.6. The highest BCUT2D eigenvalue weighted by atomic mass is 35.5. The van der Waals surface area contributed by atoms with Crippen LogP contribution in [0.25, 0.3) is 5.76 Å². The number of carbonyl (C=O) groups is 2. The molecule has 2 heterocycles. The van der Waals surface area contributed by atoms with Gasteiger partial charge in [-0.15, -0.1) is 0 Å². The number of unbranched alkanes of at least 4 members (excludes halogenated alkanes) is 2. The summed E-state index contributed by atoms with van der Waals surface area (Å²) in [6.45, 7) is 6.92. The van der Waals surface area contributed by atoms with Crippen LogP contribution in [0.1, 0.15) is 49.8 Å². The Morgan fingerprint density at radius 3 is 2.46 bits per heavy atom. The van der Waals surface area contributed by atoms with Gasteiger partial charge in [-0.05, 0) is 54.8 Å². The van der Waals surface area contributed by atoms with Crippen molar-refractivity contribution in [1.29, 1.82) is 0 Å². The number of halogens is 1. The lowest BCUT2D eigenvalue weighted by Crippen LogP contribution is -2.39. The Labute approximate surface area is 235 Å². The molecule has 2 aliphatic rings. The number of carbonyl (C=O) groups excluding carboxylic acids is 2. The van der Waals surface area contributed by atoms with E-state index in [9.17, 15) is 14.7 Å². The van der Waals surface area contributed by atoms with E-state index in [1.54, 1.807) is 48.4 Å². The van der Waals surface area contributed by atoms with Crippen LogP contribution in [0.15, 0.2) is 48.0 Å². The summed E-state index contributed by atoms with van der Waals surface area (Å²) in [6.07, 6.45) is 3.78. The molecule has 2 aromatic rings. The summed E-state index contributed by atoms with van der Waals surface area (Å²) in [6, 6.07) is 11.2. The maximum atomic E-state index is 13.4. The quantitative estimate of drug-likeness (QED) is 0.169. The van der Waals surface area contributed by atoms with E-state index in [1.807, 2.05) is 6.07 Å². The third-order valence-electron chi connectivity index (χ3n) is 7.14. The Hall–Kier alpha value is -3.07. The fourth-order valence-electron chi connectivity index (χ4n) is 5.02. The van der Waals surface area contributed by atoms with Gasteiger partial charge in [-0.1, -0.05) is 37.4 Å². The number of hydrogen-bond acceptors (Lipinski definition) is 7. The number of benzene rings is 2. The van der Waals surface area contributed by atoms with Crippen molar-refractivity contribution in [3.05, 3.63) is 64.2 Å². The molecule has 0 aliphatic carbocycles. The Morgan fingerprint density at radius 1 is 1.03 bits per heavy atom. The van der Waals surface area contributed by atoms with Crippen LogP contribution in [-0.4, -0.2) is 79.7 Å². The number of aliphatic hydroxyl groups is 1. The molecular weight excluding hydrogens is 520 g/mol. The van der Waals surface area contributed by atoms with Gasteiger partial charge in [0.25, 0.3) is 11.7 Å². The fraction of sp³-hybridized carbons (Fsp3) is 0.467. The Kier molecular flexibility index (Phi) is 10.3. The molecule has 0 saturated carbocycles. The summed E-state index contributed by atoms with van der Waals surface area (Å²) in [7, 11) is 1.56. The van der Waals surface area contributed by atoms with Crippen molar-refractivity contribution in [2.45, 2.75) is 38.6 Å². The van der Waals surface area contributed by atoms with Crippen LogP contribution in [0, 0.1) is 0 Å². The predicted molar refractivity (Wildman–Crippen MR) is 150 cm³/mol. The van der Waals surface area contributed by atoms with Crippen LogP contribution in [0.5, 0.6) is 11.5 Å². The van der Waals surface area contributed by atoms with Crippen molar-refractivity contribution in [2.24, 2.45) is 0 Å². The van der Waals surface area contributed by atoms with Crippen molar-refractivity contribution < 1.29 is 28.9 Å². The minimum atomic E-state index is -0.770. The summed E-state index contributed by atoms with van der Waals surface area (Å²) < 4.78 is 17.0.